The number of ether oxygens (including phenoxy) is 3. The summed E-state index contributed by atoms with van der Waals surface area (Å²) >= 11 is 7.24. The van der Waals surface area contributed by atoms with Crippen LogP contribution in [0.1, 0.15) is 55.9 Å². The van der Waals surface area contributed by atoms with Crippen LogP contribution in [0.5, 0.6) is 11.5 Å². The van der Waals surface area contributed by atoms with Crippen LogP contribution in [-0.2, 0) is 11.3 Å². The molecule has 0 saturated carbocycles. The maximum Gasteiger partial charge on any atom is 0.420 e. The molecular formula is C40H38ClF2N7O6. The number of benzene rings is 3. The van der Waals surface area contributed by atoms with Crippen LogP contribution >= 0.6 is 11.6 Å². The Labute approximate surface area is 325 Å². The molecule has 0 unspecified atom stereocenters. The van der Waals surface area contributed by atoms with Gasteiger partial charge in [0.1, 0.15) is 22.6 Å². The number of methoxy groups -OCH3 is 2. The Kier molecular flexibility index (Phi) is 10.1. The van der Waals surface area contributed by atoms with E-state index in [0.717, 1.165) is 4.90 Å². The van der Waals surface area contributed by atoms with E-state index in [1.54, 1.807) is 81.2 Å². The number of aromatic nitrogens is 5. The van der Waals surface area contributed by atoms with Crippen molar-refractivity contribution >= 4 is 57.4 Å². The van der Waals surface area contributed by atoms with Crippen molar-refractivity contribution in [2.75, 3.05) is 32.2 Å². The molecule has 6 aromatic rings. The van der Waals surface area contributed by atoms with Crippen LogP contribution < -0.4 is 14.4 Å². The summed E-state index contributed by atoms with van der Waals surface area (Å²) in [7, 11) is 2.90. The Morgan fingerprint density at radius 3 is 2.34 bits per heavy atom. The number of amides is 1. The number of fused-ring (bicyclic) bond motifs is 2. The highest BCUT2D eigenvalue weighted by molar-refractivity contribution is 6.37. The Bertz CT molecular complexity index is 2470. The lowest BCUT2D eigenvalue weighted by Crippen LogP contribution is -2.59. The van der Waals surface area contributed by atoms with Gasteiger partial charge in [0, 0.05) is 48.9 Å². The number of carbonyl (C=O) groups excluding carboxylic acids is 2. The van der Waals surface area contributed by atoms with Gasteiger partial charge >= 0.3 is 6.09 Å². The second-order valence-electron chi connectivity index (χ2n) is 14.7. The molecule has 0 spiro atoms. The highest BCUT2D eigenvalue weighted by Gasteiger charge is 2.37. The molecule has 13 nitrogen and oxygen atoms in total. The maximum atomic E-state index is 14.5. The number of halogens is 3. The van der Waals surface area contributed by atoms with Crippen LogP contribution in [0.4, 0.5) is 25.1 Å². The average Bonchev–Trinajstić information content (AvgIpc) is 3.58. The van der Waals surface area contributed by atoms with Gasteiger partial charge in [-0.1, -0.05) is 35.9 Å². The van der Waals surface area contributed by atoms with Crippen LogP contribution in [0.25, 0.3) is 38.8 Å². The van der Waals surface area contributed by atoms with Crippen LogP contribution in [0, 0.1) is 0 Å². The number of hydrogen-bond donors (Lipinski definition) is 1. The molecule has 3 aromatic heterocycles. The largest absolute Gasteiger partial charge is 0.496 e. The van der Waals surface area contributed by atoms with Crippen molar-refractivity contribution in [3.8, 4) is 28.3 Å². The summed E-state index contributed by atoms with van der Waals surface area (Å²) in [6.45, 7) is 8.05. The van der Waals surface area contributed by atoms with E-state index < -0.39 is 29.5 Å². The minimum absolute atomic E-state index is 0.0657. The van der Waals surface area contributed by atoms with E-state index in [-0.39, 0.29) is 33.1 Å². The third-order valence-corrected chi connectivity index (χ3v) is 9.52. The van der Waals surface area contributed by atoms with Gasteiger partial charge in [0.05, 0.1) is 59.0 Å². The molecule has 1 amide bonds. The van der Waals surface area contributed by atoms with E-state index in [1.165, 1.54) is 14.2 Å². The quantitative estimate of drug-likeness (QED) is 0.135. The predicted molar refractivity (Wildman–Crippen MR) is 207 cm³/mol. The van der Waals surface area contributed by atoms with Crippen molar-refractivity contribution in [2.45, 2.75) is 51.9 Å². The standard InChI is InChI=1S/C40H38ClF2N7O6/c1-39(2,3)56-38(52)49(37-34-28(46-36(47-37)35(42)43)13-22(16-44-34)18-48-20-40(4,53)21-48)30-12-8-10-25(33(30)41)24-9-7-11-29-26(24)17-45-50(29)23-14-31(54-5)27(19-51)32(15-23)55-6/h7-17,19,35,53H,18,20-21H2,1-6H3. The van der Waals surface area contributed by atoms with Crippen LogP contribution in [0.2, 0.25) is 5.02 Å². The number of likely N-dealkylation sites (tertiary alicyclic amines) is 1. The lowest BCUT2D eigenvalue weighted by Gasteiger charge is -2.44. The van der Waals surface area contributed by atoms with Crippen LogP contribution in [-0.4, -0.2) is 85.6 Å². The molecular weight excluding hydrogens is 748 g/mol. The molecule has 0 aliphatic carbocycles. The lowest BCUT2D eigenvalue weighted by atomic mass is 9.96. The van der Waals surface area contributed by atoms with Crippen molar-refractivity contribution in [1.82, 2.24) is 29.6 Å². The molecule has 290 valence electrons. The van der Waals surface area contributed by atoms with E-state index in [0.29, 0.717) is 70.7 Å². The molecule has 1 aliphatic rings. The minimum atomic E-state index is -3.08. The number of β-amino-alcohol motifs (C(OH)–C–C–N with tert-alkyl or cyclic N) is 1. The molecule has 0 bridgehead atoms. The zero-order valence-corrected chi connectivity index (χ0v) is 32.1. The van der Waals surface area contributed by atoms with E-state index in [2.05, 4.69) is 20.1 Å². The zero-order chi connectivity index (χ0) is 40.1. The number of carbonyl (C=O) groups is 2. The summed E-state index contributed by atoms with van der Waals surface area (Å²) in [6, 6.07) is 15.5. The summed E-state index contributed by atoms with van der Waals surface area (Å²) in [4.78, 5) is 41.9. The first kappa shape index (κ1) is 38.5. The highest BCUT2D eigenvalue weighted by Crippen LogP contribution is 2.43. The second-order valence-corrected chi connectivity index (χ2v) is 15.1. The summed E-state index contributed by atoms with van der Waals surface area (Å²) in [5, 5.41) is 15.6. The van der Waals surface area contributed by atoms with Crippen molar-refractivity contribution in [3.63, 3.8) is 0 Å². The summed E-state index contributed by atoms with van der Waals surface area (Å²) < 4.78 is 47.3. The average molecular weight is 786 g/mol. The Balaban J connectivity index is 1.37. The normalized spacial score (nSPS) is 14.2. The summed E-state index contributed by atoms with van der Waals surface area (Å²) in [5.41, 5.74) is 1.73. The van der Waals surface area contributed by atoms with Gasteiger partial charge in [-0.15, -0.1) is 0 Å². The van der Waals surface area contributed by atoms with Gasteiger partial charge in [-0.05, 0) is 57.0 Å². The molecule has 3 aromatic carbocycles. The Morgan fingerprint density at radius 2 is 1.71 bits per heavy atom. The van der Waals surface area contributed by atoms with Crippen molar-refractivity contribution in [1.29, 1.82) is 0 Å². The SMILES string of the molecule is COc1cc(-n2ncc3c(-c4cccc(N(C(=O)OC(C)(C)C)c5nc(C(F)F)nc6cc(CN7CC(C)(O)C7)cnc56)c4Cl)cccc32)cc(OC)c1C=O. The zero-order valence-electron chi connectivity index (χ0n) is 31.4. The molecule has 4 heterocycles. The fourth-order valence-electron chi connectivity index (χ4n) is 6.85. The Hall–Kier alpha value is -5.77. The first-order valence-electron chi connectivity index (χ1n) is 17.5. The number of aliphatic hydroxyl groups is 1. The van der Waals surface area contributed by atoms with Gasteiger partial charge in [0.25, 0.3) is 6.43 Å². The molecule has 1 fully saturated rings. The van der Waals surface area contributed by atoms with E-state index in [9.17, 15) is 23.5 Å². The first-order chi connectivity index (χ1) is 26.6. The van der Waals surface area contributed by atoms with Gasteiger partial charge in [-0.3, -0.25) is 14.7 Å². The fraction of sp³-hybridized carbons (Fsp3) is 0.300. The smallest absolute Gasteiger partial charge is 0.420 e. The van der Waals surface area contributed by atoms with Gasteiger partial charge < -0.3 is 19.3 Å². The van der Waals surface area contributed by atoms with E-state index in [4.69, 9.17) is 25.8 Å². The maximum absolute atomic E-state index is 14.5. The summed E-state index contributed by atoms with van der Waals surface area (Å²) in [5.74, 6) is -0.457. The van der Waals surface area contributed by atoms with Crippen molar-refractivity contribution < 1.29 is 37.7 Å². The first-order valence-corrected chi connectivity index (χ1v) is 17.9. The van der Waals surface area contributed by atoms with Gasteiger partial charge in [0.2, 0.25) is 0 Å². The molecule has 16 heteroatoms. The number of alkyl halides is 2. The molecule has 1 N–H and O–H groups in total. The molecule has 1 aliphatic heterocycles. The number of rotatable bonds is 10. The topological polar surface area (TPSA) is 145 Å². The number of nitrogens with zero attached hydrogens (tertiary/aromatic N) is 7. The highest BCUT2D eigenvalue weighted by atomic mass is 35.5. The second kappa shape index (κ2) is 14.7. The predicted octanol–water partition coefficient (Wildman–Crippen LogP) is 8.09. The van der Waals surface area contributed by atoms with Gasteiger partial charge in [-0.25, -0.2) is 33.1 Å². The molecule has 7 rings (SSSR count). The number of pyridine rings is 1. The molecule has 0 atom stereocenters. The van der Waals surface area contributed by atoms with Crippen LogP contribution in [0.15, 0.2) is 67.0 Å². The van der Waals surface area contributed by atoms with Gasteiger partial charge in [-0.2, -0.15) is 5.10 Å². The molecule has 0 radical (unpaired) electrons. The van der Waals surface area contributed by atoms with E-state index in [1.807, 2.05) is 23.1 Å². The van der Waals surface area contributed by atoms with Gasteiger partial charge in [0.15, 0.2) is 17.9 Å². The lowest BCUT2D eigenvalue weighted by molar-refractivity contribution is -0.0871. The summed E-state index contributed by atoms with van der Waals surface area (Å²) in [6.07, 6.45) is -0.145. The van der Waals surface area contributed by atoms with Crippen molar-refractivity contribution in [3.05, 3.63) is 89.0 Å². The monoisotopic (exact) mass is 785 g/mol. The van der Waals surface area contributed by atoms with E-state index >= 15 is 0 Å². The molecule has 1 saturated heterocycles. The number of anilines is 2. The minimum Gasteiger partial charge on any atom is -0.496 e. The number of aldehydes is 1. The Morgan fingerprint density at radius 1 is 1.04 bits per heavy atom. The van der Waals surface area contributed by atoms with Crippen molar-refractivity contribution in [2.24, 2.45) is 0 Å². The fourth-order valence-corrected chi connectivity index (χ4v) is 7.16. The number of hydrogen-bond acceptors (Lipinski definition) is 11. The third kappa shape index (κ3) is 7.32. The third-order valence-electron chi connectivity index (χ3n) is 9.12. The van der Waals surface area contributed by atoms with Crippen LogP contribution in [0.3, 0.4) is 0 Å². The molecule has 56 heavy (non-hydrogen) atoms.